The fraction of sp³-hybridized carbons (Fsp3) is 0.429. The highest BCUT2D eigenvalue weighted by molar-refractivity contribution is 7.86. The van der Waals surface area contributed by atoms with E-state index in [2.05, 4.69) is 4.98 Å². The monoisotopic (exact) mass is 218 g/mol. The third-order valence-electron chi connectivity index (χ3n) is 1.97. The zero-order valence-electron chi connectivity index (χ0n) is 7.97. The first-order valence-electron chi connectivity index (χ1n) is 3.77. The van der Waals surface area contributed by atoms with E-state index < -0.39 is 15.8 Å². The lowest BCUT2D eigenvalue weighted by molar-refractivity contribution is 0.478. The molecule has 6 nitrogen and oxygen atoms in total. The Morgan fingerprint density at radius 3 is 2.29 bits per heavy atom. The average molecular weight is 218 g/mol. The minimum Gasteiger partial charge on any atom is -0.298 e. The van der Waals surface area contributed by atoms with Gasteiger partial charge in [0, 0.05) is 12.7 Å². The third-order valence-corrected chi connectivity index (χ3v) is 3.08. The summed E-state index contributed by atoms with van der Waals surface area (Å²) in [5, 5.41) is 0. The number of hydrogen-bond acceptors (Lipinski definition) is 4. The Balaban J connectivity index is 3.79. The maximum Gasteiger partial charge on any atom is 0.347 e. The molecule has 0 amide bonds. The number of nitrogens with zero attached hydrogens (tertiary/aromatic N) is 2. The standard InChI is InChI=1S/C7H10N2O4S/c1-4-6(14(11,12)13)5(2)9(3)7(10)8-4/h1-3H3,(H,11,12,13). The number of aryl methyl sites for hydroxylation is 1. The summed E-state index contributed by atoms with van der Waals surface area (Å²) in [5.74, 6) is 0. The minimum absolute atomic E-state index is 0.00750. The van der Waals surface area contributed by atoms with E-state index in [0.29, 0.717) is 0 Å². The molecule has 0 spiro atoms. The van der Waals surface area contributed by atoms with Crippen LogP contribution in [-0.4, -0.2) is 22.5 Å². The SMILES string of the molecule is Cc1nc(=O)n(C)c(C)c1S(=O)(=O)O. The molecule has 0 saturated heterocycles. The van der Waals surface area contributed by atoms with Gasteiger partial charge in [-0.1, -0.05) is 0 Å². The molecular weight excluding hydrogens is 208 g/mol. The predicted molar refractivity (Wildman–Crippen MR) is 48.8 cm³/mol. The van der Waals surface area contributed by atoms with Crippen molar-refractivity contribution in [1.29, 1.82) is 0 Å². The highest BCUT2D eigenvalue weighted by atomic mass is 32.2. The highest BCUT2D eigenvalue weighted by Gasteiger charge is 2.20. The van der Waals surface area contributed by atoms with Gasteiger partial charge in [0.15, 0.2) is 0 Å². The Morgan fingerprint density at radius 2 is 1.86 bits per heavy atom. The number of aromatic nitrogens is 2. The average Bonchev–Trinajstić information content (AvgIpc) is 1.97. The summed E-state index contributed by atoms with van der Waals surface area (Å²) < 4.78 is 31.8. The topological polar surface area (TPSA) is 89.3 Å². The molecule has 1 rings (SSSR count). The summed E-state index contributed by atoms with van der Waals surface area (Å²) >= 11 is 0. The largest absolute Gasteiger partial charge is 0.347 e. The maximum atomic E-state index is 11.1. The quantitative estimate of drug-likeness (QED) is 0.650. The van der Waals surface area contributed by atoms with Crippen LogP contribution in [0.25, 0.3) is 0 Å². The predicted octanol–water partition coefficient (Wildman–Crippen LogP) is -0.356. The molecular formula is C7H10N2O4S. The van der Waals surface area contributed by atoms with Crippen LogP contribution in [0.4, 0.5) is 0 Å². The summed E-state index contributed by atoms with van der Waals surface area (Å²) in [4.78, 5) is 14.3. The van der Waals surface area contributed by atoms with Gasteiger partial charge < -0.3 is 0 Å². The van der Waals surface area contributed by atoms with E-state index in [-0.39, 0.29) is 16.3 Å². The Morgan fingerprint density at radius 1 is 1.36 bits per heavy atom. The molecule has 0 unspecified atom stereocenters. The zero-order chi connectivity index (χ0) is 11.1. The van der Waals surface area contributed by atoms with E-state index in [0.717, 1.165) is 4.57 Å². The zero-order valence-corrected chi connectivity index (χ0v) is 8.79. The molecule has 0 aromatic carbocycles. The molecule has 0 radical (unpaired) electrons. The second kappa shape index (κ2) is 3.18. The Bertz CT molecular complexity index is 529. The summed E-state index contributed by atoms with van der Waals surface area (Å²) in [6.45, 7) is 2.79. The Kier molecular flexibility index (Phi) is 2.47. The van der Waals surface area contributed by atoms with Crippen LogP contribution in [0.1, 0.15) is 11.4 Å². The lowest BCUT2D eigenvalue weighted by atomic mass is 10.3. The van der Waals surface area contributed by atoms with Crippen LogP contribution in [-0.2, 0) is 17.2 Å². The first-order valence-corrected chi connectivity index (χ1v) is 5.21. The van der Waals surface area contributed by atoms with Crippen molar-refractivity contribution in [3.8, 4) is 0 Å². The minimum atomic E-state index is -4.33. The summed E-state index contributed by atoms with van der Waals surface area (Å²) in [5.41, 5.74) is -0.370. The van der Waals surface area contributed by atoms with Gasteiger partial charge in [0.2, 0.25) is 0 Å². The van der Waals surface area contributed by atoms with Crippen LogP contribution < -0.4 is 5.69 Å². The van der Waals surface area contributed by atoms with E-state index in [1.165, 1.54) is 20.9 Å². The first-order chi connectivity index (χ1) is 6.25. The van der Waals surface area contributed by atoms with Crippen molar-refractivity contribution in [2.75, 3.05) is 0 Å². The smallest absolute Gasteiger partial charge is 0.298 e. The van der Waals surface area contributed by atoms with Crippen molar-refractivity contribution in [2.24, 2.45) is 7.05 Å². The van der Waals surface area contributed by atoms with Gasteiger partial charge in [0.1, 0.15) is 4.90 Å². The normalized spacial score (nSPS) is 11.7. The van der Waals surface area contributed by atoms with Crippen molar-refractivity contribution in [1.82, 2.24) is 9.55 Å². The van der Waals surface area contributed by atoms with Gasteiger partial charge in [-0.3, -0.25) is 9.12 Å². The number of rotatable bonds is 1. The molecule has 0 aliphatic rings. The molecule has 1 aromatic rings. The van der Waals surface area contributed by atoms with E-state index >= 15 is 0 Å². The van der Waals surface area contributed by atoms with Crippen molar-refractivity contribution in [2.45, 2.75) is 18.7 Å². The molecule has 7 heteroatoms. The van der Waals surface area contributed by atoms with Crippen LogP contribution in [0.5, 0.6) is 0 Å². The molecule has 0 atom stereocenters. The lowest BCUT2D eigenvalue weighted by Gasteiger charge is -2.08. The van der Waals surface area contributed by atoms with Gasteiger partial charge in [0.25, 0.3) is 10.1 Å². The molecule has 1 aromatic heterocycles. The third kappa shape index (κ3) is 1.68. The van der Waals surface area contributed by atoms with Crippen LogP contribution >= 0.6 is 0 Å². The molecule has 0 fully saturated rings. The Labute approximate surface area is 81.0 Å². The van der Waals surface area contributed by atoms with E-state index in [1.807, 2.05) is 0 Å². The highest BCUT2D eigenvalue weighted by Crippen LogP contribution is 2.14. The fourth-order valence-corrected chi connectivity index (χ4v) is 2.13. The second-order valence-corrected chi connectivity index (χ2v) is 4.29. The van der Waals surface area contributed by atoms with Gasteiger partial charge in [-0.25, -0.2) is 4.79 Å². The van der Waals surface area contributed by atoms with Crippen LogP contribution in [0.2, 0.25) is 0 Å². The molecule has 1 heterocycles. The lowest BCUT2D eigenvalue weighted by Crippen LogP contribution is -2.26. The molecule has 0 aliphatic carbocycles. The van der Waals surface area contributed by atoms with E-state index in [1.54, 1.807) is 0 Å². The number of hydrogen-bond donors (Lipinski definition) is 1. The fourth-order valence-electron chi connectivity index (χ4n) is 1.20. The van der Waals surface area contributed by atoms with Gasteiger partial charge in [-0.2, -0.15) is 13.4 Å². The molecule has 14 heavy (non-hydrogen) atoms. The van der Waals surface area contributed by atoms with Crippen molar-refractivity contribution in [3.63, 3.8) is 0 Å². The van der Waals surface area contributed by atoms with Crippen LogP contribution in [0, 0.1) is 13.8 Å². The first kappa shape index (κ1) is 10.9. The molecule has 0 aliphatic heterocycles. The van der Waals surface area contributed by atoms with Crippen molar-refractivity contribution in [3.05, 3.63) is 21.9 Å². The van der Waals surface area contributed by atoms with Crippen molar-refractivity contribution < 1.29 is 13.0 Å². The molecule has 0 bridgehead atoms. The Hall–Kier alpha value is -1.21. The molecule has 1 N–H and O–H groups in total. The summed E-state index contributed by atoms with van der Waals surface area (Å²) in [6.07, 6.45) is 0. The van der Waals surface area contributed by atoms with Crippen LogP contribution in [0.3, 0.4) is 0 Å². The van der Waals surface area contributed by atoms with Crippen LogP contribution in [0.15, 0.2) is 9.69 Å². The van der Waals surface area contributed by atoms with E-state index in [4.69, 9.17) is 4.55 Å². The van der Waals surface area contributed by atoms with Crippen molar-refractivity contribution >= 4 is 10.1 Å². The maximum absolute atomic E-state index is 11.1. The molecule has 78 valence electrons. The van der Waals surface area contributed by atoms with Gasteiger partial charge in [0.05, 0.1) is 5.69 Å². The van der Waals surface area contributed by atoms with E-state index in [9.17, 15) is 13.2 Å². The van der Waals surface area contributed by atoms with Gasteiger partial charge in [-0.05, 0) is 13.8 Å². The molecule has 0 saturated carbocycles. The van der Waals surface area contributed by atoms with Gasteiger partial charge in [-0.15, -0.1) is 0 Å². The summed E-state index contributed by atoms with van der Waals surface area (Å²) in [6, 6.07) is 0. The second-order valence-electron chi connectivity index (χ2n) is 2.93. The van der Waals surface area contributed by atoms with Gasteiger partial charge >= 0.3 is 5.69 Å². The summed E-state index contributed by atoms with van der Waals surface area (Å²) in [7, 11) is -2.94.